The Morgan fingerprint density at radius 1 is 1.42 bits per heavy atom. The minimum Gasteiger partial charge on any atom is -0.292 e. The third-order valence-corrected chi connectivity index (χ3v) is 1.17. The molecule has 0 aliphatic heterocycles. The van der Waals surface area contributed by atoms with E-state index in [1.54, 1.807) is 13.1 Å². The number of ketones is 1. The fraction of sp³-hybridized carbons (Fsp3) is 0.444. The Labute approximate surface area is 72.9 Å². The van der Waals surface area contributed by atoms with Gasteiger partial charge in [0.2, 0.25) is 0 Å². The minimum atomic E-state index is 0.0353. The zero-order chi connectivity index (χ0) is 9.40. The summed E-state index contributed by atoms with van der Waals surface area (Å²) in [6.45, 7) is 5.80. The molecule has 0 radical (unpaired) electrons. The van der Waals surface area contributed by atoms with E-state index in [2.05, 4.69) is 9.97 Å². The van der Waals surface area contributed by atoms with Crippen molar-refractivity contribution >= 4 is 5.78 Å². The van der Waals surface area contributed by atoms with Crippen molar-refractivity contribution in [2.24, 2.45) is 0 Å². The number of aromatic nitrogens is 2. The summed E-state index contributed by atoms with van der Waals surface area (Å²) in [5.41, 5.74) is 0.449. The molecule has 3 heteroatoms. The second kappa shape index (κ2) is 6.46. The lowest BCUT2D eigenvalue weighted by atomic mass is 10.2. The fourth-order valence-electron chi connectivity index (χ4n) is 0.624. The highest BCUT2D eigenvalue weighted by atomic mass is 16.1. The number of carbonyl (C=O) groups is 1. The van der Waals surface area contributed by atoms with Crippen LogP contribution >= 0.6 is 0 Å². The smallest absolute Gasteiger partial charge is 0.182 e. The van der Waals surface area contributed by atoms with Crippen LogP contribution in [0.3, 0.4) is 0 Å². The van der Waals surface area contributed by atoms with Crippen LogP contribution < -0.4 is 0 Å². The van der Waals surface area contributed by atoms with Crippen molar-refractivity contribution in [2.45, 2.75) is 27.2 Å². The molecule has 0 saturated carbocycles. The molecular weight excluding hydrogens is 152 g/mol. The van der Waals surface area contributed by atoms with E-state index in [9.17, 15) is 4.79 Å². The van der Waals surface area contributed by atoms with Crippen LogP contribution in [-0.2, 0) is 0 Å². The summed E-state index contributed by atoms with van der Waals surface area (Å²) in [5, 5.41) is 0. The average Bonchev–Trinajstić information content (AvgIpc) is 2.21. The van der Waals surface area contributed by atoms with Gasteiger partial charge in [-0.2, -0.15) is 0 Å². The van der Waals surface area contributed by atoms with Crippen LogP contribution in [0.25, 0.3) is 0 Å². The maximum atomic E-state index is 10.9. The summed E-state index contributed by atoms with van der Waals surface area (Å²) in [6.07, 6.45) is 5.03. The lowest BCUT2D eigenvalue weighted by molar-refractivity contribution is 0.0983. The van der Waals surface area contributed by atoms with Gasteiger partial charge in [0, 0.05) is 18.8 Å². The molecule has 0 unspecified atom stereocenters. The van der Waals surface area contributed by atoms with Crippen LogP contribution in [0.2, 0.25) is 0 Å². The van der Waals surface area contributed by atoms with Gasteiger partial charge in [0.1, 0.15) is 5.69 Å². The third-order valence-electron chi connectivity index (χ3n) is 1.17. The van der Waals surface area contributed by atoms with Crippen LogP contribution in [0, 0.1) is 0 Å². The average molecular weight is 166 g/mol. The quantitative estimate of drug-likeness (QED) is 0.632. The van der Waals surface area contributed by atoms with E-state index in [1.807, 2.05) is 13.8 Å². The van der Waals surface area contributed by atoms with Crippen molar-refractivity contribution in [3.63, 3.8) is 0 Å². The summed E-state index contributed by atoms with van der Waals surface area (Å²) in [7, 11) is 0. The van der Waals surface area contributed by atoms with Crippen molar-refractivity contribution in [3.8, 4) is 0 Å². The normalized spacial score (nSPS) is 8.25. The zero-order valence-electron chi connectivity index (χ0n) is 7.74. The SMILES string of the molecule is CC.CCC(=O)c1cnccn1. The highest BCUT2D eigenvalue weighted by Gasteiger charge is 2.01. The first-order chi connectivity index (χ1) is 5.84. The van der Waals surface area contributed by atoms with Crippen molar-refractivity contribution in [3.05, 3.63) is 24.3 Å². The van der Waals surface area contributed by atoms with Gasteiger partial charge in [0.05, 0.1) is 6.20 Å². The van der Waals surface area contributed by atoms with Gasteiger partial charge < -0.3 is 0 Å². The molecule has 0 aromatic carbocycles. The number of rotatable bonds is 2. The molecule has 0 saturated heterocycles. The van der Waals surface area contributed by atoms with Crippen LogP contribution in [0.15, 0.2) is 18.6 Å². The van der Waals surface area contributed by atoms with E-state index in [-0.39, 0.29) is 5.78 Å². The standard InChI is InChI=1S/C7H8N2O.C2H6/c1-2-7(10)6-5-8-3-4-9-6;1-2/h3-5H,2H2,1H3;1-2H3. The maximum Gasteiger partial charge on any atom is 0.182 e. The van der Waals surface area contributed by atoms with Gasteiger partial charge in [-0.25, -0.2) is 4.98 Å². The second-order valence-corrected chi connectivity index (χ2v) is 1.87. The van der Waals surface area contributed by atoms with Gasteiger partial charge in [-0.3, -0.25) is 9.78 Å². The van der Waals surface area contributed by atoms with E-state index in [0.717, 1.165) is 0 Å². The fourth-order valence-corrected chi connectivity index (χ4v) is 0.624. The van der Waals surface area contributed by atoms with Gasteiger partial charge in [0.15, 0.2) is 5.78 Å². The van der Waals surface area contributed by atoms with Gasteiger partial charge in [-0.15, -0.1) is 0 Å². The summed E-state index contributed by atoms with van der Waals surface area (Å²) < 4.78 is 0. The third kappa shape index (κ3) is 3.23. The van der Waals surface area contributed by atoms with E-state index in [4.69, 9.17) is 0 Å². The van der Waals surface area contributed by atoms with Gasteiger partial charge in [-0.05, 0) is 0 Å². The predicted molar refractivity (Wildman–Crippen MR) is 48.0 cm³/mol. The molecule has 0 atom stereocenters. The molecule has 3 nitrogen and oxygen atoms in total. The Kier molecular flexibility index (Phi) is 5.79. The van der Waals surface area contributed by atoms with E-state index >= 15 is 0 Å². The van der Waals surface area contributed by atoms with Gasteiger partial charge >= 0.3 is 0 Å². The molecule has 1 heterocycles. The monoisotopic (exact) mass is 166 g/mol. The van der Waals surface area contributed by atoms with E-state index in [0.29, 0.717) is 12.1 Å². The summed E-state index contributed by atoms with van der Waals surface area (Å²) in [6, 6.07) is 0. The Hall–Kier alpha value is -1.25. The van der Waals surface area contributed by atoms with Crippen LogP contribution in [0.5, 0.6) is 0 Å². The van der Waals surface area contributed by atoms with Crippen LogP contribution in [-0.4, -0.2) is 15.8 Å². The Bertz CT molecular complexity index is 221. The van der Waals surface area contributed by atoms with E-state index in [1.165, 1.54) is 12.4 Å². The molecule has 0 bridgehead atoms. The van der Waals surface area contributed by atoms with Crippen molar-refractivity contribution in [1.29, 1.82) is 0 Å². The molecule has 0 N–H and O–H groups in total. The maximum absolute atomic E-state index is 10.9. The molecule has 0 aliphatic carbocycles. The van der Waals surface area contributed by atoms with Crippen molar-refractivity contribution < 1.29 is 4.79 Å². The highest BCUT2D eigenvalue weighted by Crippen LogP contribution is 1.94. The topological polar surface area (TPSA) is 42.9 Å². The first kappa shape index (κ1) is 10.8. The summed E-state index contributed by atoms with van der Waals surface area (Å²) in [4.78, 5) is 18.5. The minimum absolute atomic E-state index is 0.0353. The lowest BCUT2D eigenvalue weighted by Gasteiger charge is -1.91. The number of Topliss-reactive ketones (excluding diaryl/α,β-unsaturated/α-hetero) is 1. The lowest BCUT2D eigenvalue weighted by Crippen LogP contribution is -1.99. The van der Waals surface area contributed by atoms with Crippen LogP contribution in [0.1, 0.15) is 37.7 Å². The Morgan fingerprint density at radius 3 is 2.50 bits per heavy atom. The highest BCUT2D eigenvalue weighted by molar-refractivity contribution is 5.93. The number of nitrogens with zero attached hydrogens (tertiary/aromatic N) is 2. The van der Waals surface area contributed by atoms with Crippen molar-refractivity contribution in [2.75, 3.05) is 0 Å². The van der Waals surface area contributed by atoms with Gasteiger partial charge in [0.25, 0.3) is 0 Å². The molecule has 66 valence electrons. The molecule has 0 aliphatic rings. The molecule has 0 amide bonds. The molecule has 1 aromatic rings. The largest absolute Gasteiger partial charge is 0.292 e. The van der Waals surface area contributed by atoms with E-state index < -0.39 is 0 Å². The molecule has 1 aromatic heterocycles. The summed E-state index contributed by atoms with van der Waals surface area (Å²) in [5.74, 6) is 0.0353. The molecular formula is C9H14N2O. The molecule has 1 rings (SSSR count). The molecule has 0 spiro atoms. The first-order valence-corrected chi connectivity index (χ1v) is 4.13. The van der Waals surface area contributed by atoms with Crippen LogP contribution in [0.4, 0.5) is 0 Å². The zero-order valence-corrected chi connectivity index (χ0v) is 7.74. The predicted octanol–water partition coefficient (Wildman–Crippen LogP) is 2.10. The summed E-state index contributed by atoms with van der Waals surface area (Å²) >= 11 is 0. The second-order valence-electron chi connectivity index (χ2n) is 1.87. The van der Waals surface area contributed by atoms with Crippen molar-refractivity contribution in [1.82, 2.24) is 9.97 Å². The number of hydrogen-bond donors (Lipinski definition) is 0. The Balaban J connectivity index is 0.000000561. The first-order valence-electron chi connectivity index (χ1n) is 4.13. The van der Waals surface area contributed by atoms with Gasteiger partial charge in [-0.1, -0.05) is 20.8 Å². The number of carbonyl (C=O) groups excluding carboxylic acids is 1. The molecule has 0 fully saturated rings. The number of hydrogen-bond acceptors (Lipinski definition) is 3. The Morgan fingerprint density at radius 2 is 2.08 bits per heavy atom. The molecule has 12 heavy (non-hydrogen) atoms.